The van der Waals surface area contributed by atoms with Gasteiger partial charge in [0.2, 0.25) is 0 Å². The highest BCUT2D eigenvalue weighted by Gasteiger charge is 2.07. The fourth-order valence-corrected chi connectivity index (χ4v) is 1.80. The van der Waals surface area contributed by atoms with Crippen LogP contribution in [0.4, 0.5) is 0 Å². The first-order chi connectivity index (χ1) is 8.20. The summed E-state index contributed by atoms with van der Waals surface area (Å²) in [5, 5.41) is 9.67. The van der Waals surface area contributed by atoms with E-state index in [1.165, 1.54) is 0 Å². The van der Waals surface area contributed by atoms with Crippen molar-refractivity contribution in [1.82, 2.24) is 4.98 Å². The van der Waals surface area contributed by atoms with Crippen molar-refractivity contribution in [3.05, 3.63) is 51.7 Å². The second kappa shape index (κ2) is 5.49. The number of hydrogen-bond donors (Lipinski definition) is 1. The van der Waals surface area contributed by atoms with Crippen LogP contribution in [0.15, 0.2) is 41.1 Å². The topological polar surface area (TPSA) is 42.4 Å². The molecule has 3 nitrogen and oxygen atoms in total. The van der Waals surface area contributed by atoms with Crippen molar-refractivity contribution < 1.29 is 9.84 Å². The largest absolute Gasteiger partial charge is 0.454 e. The molecule has 0 amide bonds. The van der Waals surface area contributed by atoms with Gasteiger partial charge in [-0.2, -0.15) is 0 Å². The lowest BCUT2D eigenvalue weighted by atomic mass is 10.2. The number of pyridine rings is 1. The number of rotatable bonds is 3. The molecule has 2 rings (SSSR count). The number of hydrogen-bond acceptors (Lipinski definition) is 3. The minimum Gasteiger partial charge on any atom is -0.454 e. The lowest BCUT2D eigenvalue weighted by molar-refractivity contribution is 0.276. The highest BCUT2D eigenvalue weighted by molar-refractivity contribution is 9.10. The van der Waals surface area contributed by atoms with Crippen LogP contribution in [-0.2, 0) is 6.61 Å². The molecule has 0 bridgehead atoms. The van der Waals surface area contributed by atoms with Crippen LogP contribution in [0, 0.1) is 0 Å². The van der Waals surface area contributed by atoms with E-state index in [-0.39, 0.29) is 6.61 Å². The summed E-state index contributed by atoms with van der Waals surface area (Å²) in [7, 11) is 0. The molecule has 1 heterocycles. The molecule has 2 aromatic rings. The predicted octanol–water partition coefficient (Wildman–Crippen LogP) is 3.78. The smallest absolute Gasteiger partial charge is 0.151 e. The number of aromatic nitrogens is 1. The molecule has 0 radical (unpaired) electrons. The van der Waals surface area contributed by atoms with Gasteiger partial charge in [0.15, 0.2) is 5.75 Å². The summed E-state index contributed by atoms with van der Waals surface area (Å²) >= 11 is 9.35. The molecule has 0 spiro atoms. The molecule has 1 N–H and O–H groups in total. The Hall–Kier alpha value is -1.10. The van der Waals surface area contributed by atoms with Crippen molar-refractivity contribution in [3.63, 3.8) is 0 Å². The first kappa shape index (κ1) is 12.4. The van der Waals surface area contributed by atoms with E-state index in [9.17, 15) is 5.11 Å². The van der Waals surface area contributed by atoms with Crippen LogP contribution in [-0.4, -0.2) is 10.1 Å². The van der Waals surface area contributed by atoms with E-state index in [0.29, 0.717) is 22.1 Å². The maximum Gasteiger partial charge on any atom is 0.151 e. The van der Waals surface area contributed by atoms with E-state index >= 15 is 0 Å². The van der Waals surface area contributed by atoms with Gasteiger partial charge < -0.3 is 9.84 Å². The van der Waals surface area contributed by atoms with E-state index in [2.05, 4.69) is 20.9 Å². The van der Waals surface area contributed by atoms with E-state index in [1.807, 2.05) is 6.07 Å². The predicted molar refractivity (Wildman–Crippen MR) is 69.4 cm³/mol. The Bertz CT molecular complexity index is 534. The van der Waals surface area contributed by atoms with Crippen molar-refractivity contribution in [2.45, 2.75) is 6.61 Å². The average molecular weight is 315 g/mol. The van der Waals surface area contributed by atoms with E-state index in [1.54, 1.807) is 30.6 Å². The number of benzene rings is 1. The molecular formula is C12H9BrClNO2. The van der Waals surface area contributed by atoms with Crippen molar-refractivity contribution in [2.24, 2.45) is 0 Å². The molecule has 0 aliphatic heterocycles. The third kappa shape index (κ3) is 2.97. The maximum absolute atomic E-state index is 9.17. The molecular weight excluding hydrogens is 305 g/mol. The summed E-state index contributed by atoms with van der Waals surface area (Å²) in [4.78, 5) is 3.95. The van der Waals surface area contributed by atoms with Crippen molar-refractivity contribution >= 4 is 27.5 Å². The molecule has 1 aromatic heterocycles. The SMILES string of the molecule is OCc1ccncc1Oc1cc(Br)ccc1Cl. The summed E-state index contributed by atoms with van der Waals surface area (Å²) in [6, 6.07) is 7.01. The van der Waals surface area contributed by atoms with Crippen molar-refractivity contribution in [1.29, 1.82) is 0 Å². The number of aliphatic hydroxyl groups excluding tert-OH is 1. The molecule has 5 heteroatoms. The van der Waals surface area contributed by atoms with Crippen LogP contribution >= 0.6 is 27.5 Å². The molecule has 0 aliphatic rings. The molecule has 0 atom stereocenters. The van der Waals surface area contributed by atoms with Crippen LogP contribution in [0.3, 0.4) is 0 Å². The fraction of sp³-hybridized carbons (Fsp3) is 0.0833. The van der Waals surface area contributed by atoms with Gasteiger partial charge in [0.05, 0.1) is 17.8 Å². The van der Waals surface area contributed by atoms with Crippen LogP contribution in [0.2, 0.25) is 5.02 Å². The summed E-state index contributed by atoms with van der Waals surface area (Å²) in [5.41, 5.74) is 0.663. The monoisotopic (exact) mass is 313 g/mol. The summed E-state index contributed by atoms with van der Waals surface area (Å²) in [5.74, 6) is 1.01. The third-order valence-electron chi connectivity index (χ3n) is 2.15. The van der Waals surface area contributed by atoms with Crippen LogP contribution in [0.25, 0.3) is 0 Å². The standard InChI is InChI=1S/C12H9BrClNO2/c13-9-1-2-10(14)11(5-9)17-12-6-15-4-3-8(12)7-16/h1-6,16H,7H2. The third-order valence-corrected chi connectivity index (χ3v) is 2.96. The quantitative estimate of drug-likeness (QED) is 0.937. The first-order valence-corrected chi connectivity index (χ1v) is 6.04. The Balaban J connectivity index is 2.34. The maximum atomic E-state index is 9.17. The molecule has 0 saturated heterocycles. The summed E-state index contributed by atoms with van der Waals surface area (Å²) in [6.45, 7) is -0.108. The normalized spacial score (nSPS) is 10.3. The second-order valence-corrected chi connectivity index (χ2v) is 4.64. The molecule has 1 aromatic carbocycles. The van der Waals surface area contributed by atoms with Crippen molar-refractivity contribution in [3.8, 4) is 11.5 Å². The molecule has 17 heavy (non-hydrogen) atoms. The van der Waals surface area contributed by atoms with Gasteiger partial charge in [0, 0.05) is 16.2 Å². The zero-order valence-corrected chi connectivity index (χ0v) is 11.1. The van der Waals surface area contributed by atoms with E-state index in [0.717, 1.165) is 4.47 Å². The lowest BCUT2D eigenvalue weighted by Gasteiger charge is -2.10. The van der Waals surface area contributed by atoms with Gasteiger partial charge in [-0.3, -0.25) is 4.98 Å². The Morgan fingerprint density at radius 2 is 2.12 bits per heavy atom. The van der Waals surface area contributed by atoms with Crippen molar-refractivity contribution in [2.75, 3.05) is 0 Å². The van der Waals surface area contributed by atoms with Gasteiger partial charge in [-0.05, 0) is 24.3 Å². The molecule has 0 unspecified atom stereocenters. The van der Waals surface area contributed by atoms with Gasteiger partial charge in [0.25, 0.3) is 0 Å². The second-order valence-electron chi connectivity index (χ2n) is 3.32. The molecule has 0 fully saturated rings. The van der Waals surface area contributed by atoms with E-state index in [4.69, 9.17) is 16.3 Å². The Morgan fingerprint density at radius 3 is 2.88 bits per heavy atom. The number of ether oxygens (including phenoxy) is 1. The van der Waals surface area contributed by atoms with Gasteiger partial charge in [-0.15, -0.1) is 0 Å². The Labute approximate surface area is 112 Å². The van der Waals surface area contributed by atoms with Crippen LogP contribution < -0.4 is 4.74 Å². The number of aliphatic hydroxyl groups is 1. The summed E-state index contributed by atoms with van der Waals surface area (Å²) in [6.07, 6.45) is 3.14. The lowest BCUT2D eigenvalue weighted by Crippen LogP contribution is -1.93. The van der Waals surface area contributed by atoms with Crippen LogP contribution in [0.5, 0.6) is 11.5 Å². The molecule has 0 aliphatic carbocycles. The highest BCUT2D eigenvalue weighted by Crippen LogP contribution is 2.33. The number of nitrogens with zero attached hydrogens (tertiary/aromatic N) is 1. The zero-order chi connectivity index (χ0) is 12.3. The minimum absolute atomic E-state index is 0.108. The Morgan fingerprint density at radius 1 is 1.29 bits per heavy atom. The van der Waals surface area contributed by atoms with Gasteiger partial charge in [-0.25, -0.2) is 0 Å². The first-order valence-electron chi connectivity index (χ1n) is 4.87. The zero-order valence-electron chi connectivity index (χ0n) is 8.73. The van der Waals surface area contributed by atoms with E-state index < -0.39 is 0 Å². The Kier molecular flexibility index (Phi) is 3.99. The summed E-state index contributed by atoms with van der Waals surface area (Å²) < 4.78 is 6.49. The minimum atomic E-state index is -0.108. The fourth-order valence-electron chi connectivity index (χ4n) is 1.31. The molecule has 0 saturated carbocycles. The highest BCUT2D eigenvalue weighted by atomic mass is 79.9. The van der Waals surface area contributed by atoms with Gasteiger partial charge in [-0.1, -0.05) is 27.5 Å². The van der Waals surface area contributed by atoms with Gasteiger partial charge >= 0.3 is 0 Å². The van der Waals surface area contributed by atoms with Gasteiger partial charge in [0.1, 0.15) is 5.75 Å². The number of halogens is 2. The average Bonchev–Trinajstić information content (AvgIpc) is 2.34. The van der Waals surface area contributed by atoms with Crippen LogP contribution in [0.1, 0.15) is 5.56 Å². The molecule has 88 valence electrons.